The van der Waals surface area contributed by atoms with Crippen LogP contribution in [-0.2, 0) is 9.59 Å². The Morgan fingerprint density at radius 3 is 2.59 bits per heavy atom. The number of carbonyl (C=O) groups excluding carboxylic acids is 2. The zero-order valence-electron chi connectivity index (χ0n) is 12.5. The molecular weight excluding hydrogens is 326 g/mol. The average molecular weight is 346 g/mol. The summed E-state index contributed by atoms with van der Waals surface area (Å²) in [7, 11) is 3.36. The van der Waals surface area contributed by atoms with Gasteiger partial charge >= 0.3 is 0 Å². The van der Waals surface area contributed by atoms with Gasteiger partial charge in [-0.15, -0.1) is 24.2 Å². The first-order valence-corrected chi connectivity index (χ1v) is 7.77. The fourth-order valence-electron chi connectivity index (χ4n) is 1.70. The topological polar surface area (TPSA) is 70.7 Å². The van der Waals surface area contributed by atoms with Crippen LogP contribution in [0, 0.1) is 0 Å². The Morgan fingerprint density at radius 2 is 2.05 bits per heavy atom. The first-order chi connectivity index (χ1) is 10.1. The molecule has 2 rings (SSSR count). The summed E-state index contributed by atoms with van der Waals surface area (Å²) < 4.78 is 5.37. The SMILES string of the molecule is CN(C)C(=O)COc1ccc(NC(=O)C2CSCN2)cc1.Cl. The van der Waals surface area contributed by atoms with Gasteiger partial charge in [-0.05, 0) is 24.3 Å². The Bertz CT molecular complexity index is 505. The number of hydrogen-bond acceptors (Lipinski definition) is 5. The zero-order valence-corrected chi connectivity index (χ0v) is 14.1. The molecule has 2 amide bonds. The molecule has 1 aliphatic heterocycles. The number of likely N-dealkylation sites (N-methyl/N-ethyl adjacent to an activating group) is 1. The molecule has 1 aromatic rings. The highest BCUT2D eigenvalue weighted by Gasteiger charge is 2.22. The van der Waals surface area contributed by atoms with Gasteiger partial charge in [-0.1, -0.05) is 0 Å². The third kappa shape index (κ3) is 5.40. The van der Waals surface area contributed by atoms with E-state index in [1.165, 1.54) is 4.90 Å². The van der Waals surface area contributed by atoms with Gasteiger partial charge in [-0.2, -0.15) is 0 Å². The van der Waals surface area contributed by atoms with E-state index < -0.39 is 0 Å². The van der Waals surface area contributed by atoms with E-state index in [1.54, 1.807) is 50.1 Å². The lowest BCUT2D eigenvalue weighted by atomic mass is 10.2. The van der Waals surface area contributed by atoms with Crippen LogP contribution < -0.4 is 15.4 Å². The Balaban J connectivity index is 0.00000242. The molecule has 0 radical (unpaired) electrons. The Kier molecular flexibility index (Phi) is 7.50. The summed E-state index contributed by atoms with van der Waals surface area (Å²) in [5, 5.41) is 5.96. The lowest BCUT2D eigenvalue weighted by molar-refractivity contribution is -0.130. The van der Waals surface area contributed by atoms with Crippen molar-refractivity contribution in [3.63, 3.8) is 0 Å². The molecule has 1 unspecified atom stereocenters. The lowest BCUT2D eigenvalue weighted by Crippen LogP contribution is -2.37. The van der Waals surface area contributed by atoms with Crippen molar-refractivity contribution in [2.45, 2.75) is 6.04 Å². The summed E-state index contributed by atoms with van der Waals surface area (Å²) in [5.41, 5.74) is 0.713. The molecule has 0 aliphatic carbocycles. The van der Waals surface area contributed by atoms with E-state index in [-0.39, 0.29) is 36.9 Å². The van der Waals surface area contributed by atoms with Crippen LogP contribution >= 0.6 is 24.2 Å². The zero-order chi connectivity index (χ0) is 15.2. The smallest absolute Gasteiger partial charge is 0.259 e. The van der Waals surface area contributed by atoms with Crippen LogP contribution in [-0.4, -0.2) is 55.1 Å². The standard InChI is InChI=1S/C14H19N3O3S.ClH/c1-17(2)13(18)7-20-11-5-3-10(4-6-11)16-14(19)12-8-21-9-15-12;/h3-6,12,15H,7-9H2,1-2H3,(H,16,19);1H. The third-order valence-electron chi connectivity index (χ3n) is 3.02. The van der Waals surface area contributed by atoms with Gasteiger partial charge in [0.15, 0.2) is 6.61 Å². The molecule has 1 saturated heterocycles. The third-order valence-corrected chi connectivity index (χ3v) is 3.96. The largest absolute Gasteiger partial charge is 0.484 e. The minimum absolute atomic E-state index is 0. The number of amides is 2. The monoisotopic (exact) mass is 345 g/mol. The van der Waals surface area contributed by atoms with Crippen molar-refractivity contribution in [2.24, 2.45) is 0 Å². The molecule has 8 heteroatoms. The molecule has 2 N–H and O–H groups in total. The second-order valence-electron chi connectivity index (χ2n) is 4.86. The normalized spacial score (nSPS) is 16.5. The van der Waals surface area contributed by atoms with Gasteiger partial charge in [0, 0.05) is 31.4 Å². The fourth-order valence-corrected chi connectivity index (χ4v) is 2.64. The Morgan fingerprint density at radius 1 is 1.36 bits per heavy atom. The first-order valence-electron chi connectivity index (χ1n) is 6.61. The molecule has 6 nitrogen and oxygen atoms in total. The number of halogens is 1. The van der Waals surface area contributed by atoms with Gasteiger partial charge in [0.05, 0.1) is 6.04 Å². The van der Waals surface area contributed by atoms with Crippen molar-refractivity contribution in [1.82, 2.24) is 10.2 Å². The fraction of sp³-hybridized carbons (Fsp3) is 0.429. The molecule has 22 heavy (non-hydrogen) atoms. The van der Waals surface area contributed by atoms with E-state index in [0.29, 0.717) is 11.4 Å². The highest BCUT2D eigenvalue weighted by atomic mass is 35.5. The van der Waals surface area contributed by atoms with Gasteiger partial charge in [-0.3, -0.25) is 14.9 Å². The van der Waals surface area contributed by atoms with E-state index in [2.05, 4.69) is 10.6 Å². The summed E-state index contributed by atoms with van der Waals surface area (Å²) in [6.45, 7) is 0.00191. The number of anilines is 1. The Hall–Kier alpha value is -1.44. The highest BCUT2D eigenvalue weighted by Crippen LogP contribution is 2.17. The van der Waals surface area contributed by atoms with Gasteiger partial charge in [0.1, 0.15) is 5.75 Å². The summed E-state index contributed by atoms with van der Waals surface area (Å²) in [5.74, 6) is 2.07. The lowest BCUT2D eigenvalue weighted by Gasteiger charge is -2.12. The number of rotatable bonds is 5. The number of hydrogen-bond donors (Lipinski definition) is 2. The van der Waals surface area contributed by atoms with Crippen LogP contribution in [0.25, 0.3) is 0 Å². The van der Waals surface area contributed by atoms with E-state index in [4.69, 9.17) is 4.74 Å². The van der Waals surface area contributed by atoms with Crippen LogP contribution in [0.4, 0.5) is 5.69 Å². The minimum atomic E-state index is -0.136. The van der Waals surface area contributed by atoms with Crippen molar-refractivity contribution in [3.05, 3.63) is 24.3 Å². The van der Waals surface area contributed by atoms with Crippen molar-refractivity contribution >= 4 is 41.7 Å². The molecule has 0 aromatic heterocycles. The van der Waals surface area contributed by atoms with Crippen molar-refractivity contribution in [3.8, 4) is 5.75 Å². The van der Waals surface area contributed by atoms with Gasteiger partial charge < -0.3 is 15.0 Å². The summed E-state index contributed by atoms with van der Waals surface area (Å²) in [6.07, 6.45) is 0. The van der Waals surface area contributed by atoms with Crippen LogP contribution in [0.3, 0.4) is 0 Å². The predicted molar refractivity (Wildman–Crippen MR) is 90.8 cm³/mol. The number of ether oxygens (including phenoxy) is 1. The van der Waals surface area contributed by atoms with Gasteiger partial charge in [0.25, 0.3) is 5.91 Å². The number of carbonyl (C=O) groups is 2. The maximum Gasteiger partial charge on any atom is 0.259 e. The van der Waals surface area contributed by atoms with E-state index in [9.17, 15) is 9.59 Å². The summed E-state index contributed by atoms with van der Waals surface area (Å²) >= 11 is 1.71. The van der Waals surface area contributed by atoms with Gasteiger partial charge in [0.2, 0.25) is 5.91 Å². The molecule has 1 atom stereocenters. The average Bonchev–Trinajstić information content (AvgIpc) is 3.00. The number of nitrogens with zero attached hydrogens (tertiary/aromatic N) is 1. The van der Waals surface area contributed by atoms with Gasteiger partial charge in [-0.25, -0.2) is 0 Å². The quantitative estimate of drug-likeness (QED) is 0.838. The maximum atomic E-state index is 11.9. The maximum absolute atomic E-state index is 11.9. The number of nitrogens with one attached hydrogen (secondary N) is 2. The number of thioether (sulfide) groups is 1. The van der Waals surface area contributed by atoms with Crippen molar-refractivity contribution in [2.75, 3.05) is 37.6 Å². The molecule has 1 aromatic carbocycles. The highest BCUT2D eigenvalue weighted by molar-refractivity contribution is 7.99. The molecule has 0 bridgehead atoms. The molecule has 1 heterocycles. The Labute approximate surface area is 140 Å². The first kappa shape index (κ1) is 18.6. The molecule has 0 saturated carbocycles. The second-order valence-corrected chi connectivity index (χ2v) is 5.89. The van der Waals surface area contributed by atoms with Crippen LogP contribution in [0.5, 0.6) is 5.75 Å². The summed E-state index contributed by atoms with van der Waals surface area (Å²) in [6, 6.07) is 6.85. The van der Waals surface area contributed by atoms with E-state index in [0.717, 1.165) is 11.6 Å². The van der Waals surface area contributed by atoms with Crippen molar-refractivity contribution < 1.29 is 14.3 Å². The minimum Gasteiger partial charge on any atom is -0.484 e. The molecule has 1 fully saturated rings. The van der Waals surface area contributed by atoms with E-state index >= 15 is 0 Å². The molecule has 0 spiro atoms. The molecule has 1 aliphatic rings. The molecule has 122 valence electrons. The second kappa shape index (κ2) is 8.87. The number of benzene rings is 1. The van der Waals surface area contributed by atoms with Crippen molar-refractivity contribution in [1.29, 1.82) is 0 Å². The molecular formula is C14H20ClN3O3S. The summed E-state index contributed by atoms with van der Waals surface area (Å²) in [4.78, 5) is 24.8. The van der Waals surface area contributed by atoms with Crippen LogP contribution in [0.15, 0.2) is 24.3 Å². The van der Waals surface area contributed by atoms with Crippen LogP contribution in [0.2, 0.25) is 0 Å². The van der Waals surface area contributed by atoms with Crippen LogP contribution in [0.1, 0.15) is 0 Å². The predicted octanol–water partition coefficient (Wildman–Crippen LogP) is 1.18. The van der Waals surface area contributed by atoms with E-state index in [1.807, 2.05) is 0 Å².